The Morgan fingerprint density at radius 2 is 2.00 bits per heavy atom. The molecule has 1 aromatic carbocycles. The number of H-pyrrole nitrogens is 1. The van der Waals surface area contributed by atoms with E-state index in [1.165, 1.54) is 12.1 Å². The van der Waals surface area contributed by atoms with Crippen molar-refractivity contribution in [1.29, 1.82) is 0 Å². The summed E-state index contributed by atoms with van der Waals surface area (Å²) in [5.41, 5.74) is 1.38. The zero-order valence-corrected chi connectivity index (χ0v) is 13.4. The van der Waals surface area contributed by atoms with Gasteiger partial charge in [-0.2, -0.15) is 0 Å². The lowest BCUT2D eigenvalue weighted by Crippen LogP contribution is -2.32. The van der Waals surface area contributed by atoms with Crippen molar-refractivity contribution in [3.05, 3.63) is 66.1 Å². The quantitative estimate of drug-likeness (QED) is 0.797. The SMILES string of the molecule is O=C(c1ccccc1F)N1CCC[C@H]1c1nccnc1-c1ncc[nH]1. The number of rotatable bonds is 3. The average Bonchev–Trinajstić information content (AvgIpc) is 3.33. The first kappa shape index (κ1) is 15.4. The summed E-state index contributed by atoms with van der Waals surface area (Å²) < 4.78 is 14.0. The van der Waals surface area contributed by atoms with Gasteiger partial charge in [0.1, 0.15) is 11.5 Å². The predicted molar refractivity (Wildman–Crippen MR) is 89.0 cm³/mol. The van der Waals surface area contributed by atoms with Gasteiger partial charge in [0.05, 0.1) is 17.3 Å². The molecule has 0 unspecified atom stereocenters. The summed E-state index contributed by atoms with van der Waals surface area (Å²) in [6, 6.07) is 5.80. The number of nitrogens with one attached hydrogen (secondary N) is 1. The second-order valence-electron chi connectivity index (χ2n) is 5.86. The molecule has 0 radical (unpaired) electrons. The van der Waals surface area contributed by atoms with Crippen molar-refractivity contribution in [2.24, 2.45) is 0 Å². The highest BCUT2D eigenvalue weighted by atomic mass is 19.1. The Morgan fingerprint density at radius 3 is 2.80 bits per heavy atom. The van der Waals surface area contributed by atoms with E-state index in [0.717, 1.165) is 12.8 Å². The number of carbonyl (C=O) groups is 1. The fourth-order valence-corrected chi connectivity index (χ4v) is 3.25. The van der Waals surface area contributed by atoms with Crippen LogP contribution in [0.25, 0.3) is 11.5 Å². The molecular weight excluding hydrogens is 321 g/mol. The molecule has 6 nitrogen and oxygen atoms in total. The fourth-order valence-electron chi connectivity index (χ4n) is 3.25. The van der Waals surface area contributed by atoms with Crippen LogP contribution in [0.1, 0.15) is 34.9 Å². The van der Waals surface area contributed by atoms with Gasteiger partial charge >= 0.3 is 0 Å². The van der Waals surface area contributed by atoms with Crippen LogP contribution in [0.5, 0.6) is 0 Å². The van der Waals surface area contributed by atoms with Crippen molar-refractivity contribution in [3.63, 3.8) is 0 Å². The van der Waals surface area contributed by atoms with E-state index >= 15 is 0 Å². The zero-order chi connectivity index (χ0) is 17.2. The molecule has 1 atom stereocenters. The summed E-state index contributed by atoms with van der Waals surface area (Å²) in [7, 11) is 0. The predicted octanol–water partition coefficient (Wildman–Crippen LogP) is 2.98. The Labute approximate surface area is 143 Å². The first-order valence-corrected chi connectivity index (χ1v) is 8.12. The van der Waals surface area contributed by atoms with Crippen LogP contribution in [0.4, 0.5) is 4.39 Å². The first-order chi connectivity index (χ1) is 12.3. The number of aromatic amines is 1. The number of hydrogen-bond acceptors (Lipinski definition) is 4. The van der Waals surface area contributed by atoms with Crippen molar-refractivity contribution in [3.8, 4) is 11.5 Å². The van der Waals surface area contributed by atoms with Crippen LogP contribution in [0.15, 0.2) is 49.1 Å². The van der Waals surface area contributed by atoms with Crippen LogP contribution < -0.4 is 0 Å². The number of benzene rings is 1. The summed E-state index contributed by atoms with van der Waals surface area (Å²) in [5.74, 6) is -0.228. The van der Waals surface area contributed by atoms with Gasteiger partial charge in [-0.25, -0.2) is 14.4 Å². The van der Waals surface area contributed by atoms with Gasteiger partial charge in [0, 0.05) is 31.3 Å². The Balaban J connectivity index is 1.72. The number of imidazole rings is 1. The third kappa shape index (κ3) is 2.77. The molecule has 1 fully saturated rings. The monoisotopic (exact) mass is 337 g/mol. The molecule has 7 heteroatoms. The number of nitrogens with zero attached hydrogens (tertiary/aromatic N) is 4. The van der Waals surface area contributed by atoms with Gasteiger partial charge in [-0.05, 0) is 25.0 Å². The average molecular weight is 337 g/mol. The van der Waals surface area contributed by atoms with Crippen molar-refractivity contribution >= 4 is 5.91 Å². The molecular formula is C18H16FN5O. The molecule has 1 aliphatic heterocycles. The fraction of sp³-hybridized carbons (Fsp3) is 0.222. The number of halogens is 1. The molecule has 0 bridgehead atoms. The van der Waals surface area contributed by atoms with Gasteiger partial charge in [0.2, 0.25) is 0 Å². The van der Waals surface area contributed by atoms with Crippen LogP contribution in [0.3, 0.4) is 0 Å². The van der Waals surface area contributed by atoms with Crippen molar-refractivity contribution in [1.82, 2.24) is 24.8 Å². The summed E-state index contributed by atoms with van der Waals surface area (Å²) in [6.07, 6.45) is 8.15. The second kappa shape index (κ2) is 6.43. The van der Waals surface area contributed by atoms with E-state index in [4.69, 9.17) is 0 Å². The van der Waals surface area contributed by atoms with Crippen LogP contribution in [0.2, 0.25) is 0 Å². The number of hydrogen-bond donors (Lipinski definition) is 1. The molecule has 4 rings (SSSR count). The third-order valence-corrected chi connectivity index (χ3v) is 4.38. The van der Waals surface area contributed by atoms with Crippen LogP contribution >= 0.6 is 0 Å². The molecule has 0 saturated carbocycles. The van der Waals surface area contributed by atoms with Gasteiger partial charge < -0.3 is 9.88 Å². The lowest BCUT2D eigenvalue weighted by Gasteiger charge is -2.25. The summed E-state index contributed by atoms with van der Waals surface area (Å²) in [6.45, 7) is 0.562. The second-order valence-corrected chi connectivity index (χ2v) is 5.86. The smallest absolute Gasteiger partial charge is 0.257 e. The standard InChI is InChI=1S/C18H16FN5O/c19-13-5-2-1-4-12(13)18(25)24-11-3-6-14(24)15-16(21-8-7-20-15)17-22-9-10-23-17/h1-2,4-5,7-10,14H,3,6,11H2,(H,22,23)/t14-/m0/s1. The topological polar surface area (TPSA) is 74.8 Å². The van der Waals surface area contributed by atoms with Crippen molar-refractivity contribution in [2.45, 2.75) is 18.9 Å². The van der Waals surface area contributed by atoms with Crippen molar-refractivity contribution in [2.75, 3.05) is 6.54 Å². The Hall–Kier alpha value is -3.09. The van der Waals surface area contributed by atoms with Crippen LogP contribution in [-0.2, 0) is 0 Å². The maximum Gasteiger partial charge on any atom is 0.257 e. The number of likely N-dealkylation sites (tertiary alicyclic amines) is 1. The number of aromatic nitrogens is 4. The minimum Gasteiger partial charge on any atom is -0.343 e. The molecule has 0 aliphatic carbocycles. The number of carbonyl (C=O) groups excluding carboxylic acids is 1. The Morgan fingerprint density at radius 1 is 1.16 bits per heavy atom. The first-order valence-electron chi connectivity index (χ1n) is 8.12. The lowest BCUT2D eigenvalue weighted by atomic mass is 10.1. The largest absolute Gasteiger partial charge is 0.343 e. The molecule has 1 saturated heterocycles. The third-order valence-electron chi connectivity index (χ3n) is 4.38. The zero-order valence-electron chi connectivity index (χ0n) is 13.4. The van der Waals surface area contributed by atoms with Gasteiger partial charge in [0.15, 0.2) is 5.82 Å². The Bertz CT molecular complexity index is 896. The van der Waals surface area contributed by atoms with E-state index in [2.05, 4.69) is 19.9 Å². The van der Waals surface area contributed by atoms with Gasteiger partial charge in [-0.1, -0.05) is 12.1 Å². The van der Waals surface area contributed by atoms with E-state index in [1.807, 2.05) is 0 Å². The minimum absolute atomic E-state index is 0.0813. The van der Waals surface area contributed by atoms with Crippen LogP contribution in [-0.4, -0.2) is 37.3 Å². The molecule has 126 valence electrons. The minimum atomic E-state index is -0.511. The summed E-state index contributed by atoms with van der Waals surface area (Å²) in [4.78, 5) is 30.6. The molecule has 1 aliphatic rings. The van der Waals surface area contributed by atoms with Gasteiger partial charge in [-0.3, -0.25) is 9.78 Å². The highest BCUT2D eigenvalue weighted by molar-refractivity contribution is 5.95. The molecule has 25 heavy (non-hydrogen) atoms. The maximum atomic E-state index is 14.0. The number of amides is 1. The van der Waals surface area contributed by atoms with E-state index < -0.39 is 5.82 Å². The van der Waals surface area contributed by atoms with E-state index in [1.54, 1.807) is 41.8 Å². The lowest BCUT2D eigenvalue weighted by molar-refractivity contribution is 0.0728. The highest BCUT2D eigenvalue weighted by Crippen LogP contribution is 2.35. The normalized spacial score (nSPS) is 17.0. The molecule has 3 aromatic rings. The van der Waals surface area contributed by atoms with E-state index in [-0.39, 0.29) is 17.5 Å². The summed E-state index contributed by atoms with van der Waals surface area (Å²) in [5, 5.41) is 0. The van der Waals surface area contributed by atoms with Crippen molar-refractivity contribution < 1.29 is 9.18 Å². The maximum absolute atomic E-state index is 14.0. The van der Waals surface area contributed by atoms with Gasteiger partial charge in [0.25, 0.3) is 5.91 Å². The molecule has 1 N–H and O–H groups in total. The van der Waals surface area contributed by atoms with E-state index in [9.17, 15) is 9.18 Å². The summed E-state index contributed by atoms with van der Waals surface area (Å²) >= 11 is 0. The molecule has 3 heterocycles. The molecule has 0 spiro atoms. The van der Waals surface area contributed by atoms with E-state index in [0.29, 0.717) is 23.8 Å². The molecule has 2 aromatic heterocycles. The molecule has 1 amide bonds. The highest BCUT2D eigenvalue weighted by Gasteiger charge is 2.34. The Kier molecular flexibility index (Phi) is 3.97. The van der Waals surface area contributed by atoms with Crippen LogP contribution in [0, 0.1) is 5.82 Å². The van der Waals surface area contributed by atoms with Gasteiger partial charge in [-0.15, -0.1) is 0 Å².